The number of carbonyl (C=O) groups is 2. The summed E-state index contributed by atoms with van der Waals surface area (Å²) in [5.41, 5.74) is 1.40. The van der Waals surface area contributed by atoms with Gasteiger partial charge in [0.2, 0.25) is 5.91 Å². The number of halogens is 1. The minimum atomic E-state index is -0.399. The molecule has 0 unspecified atom stereocenters. The van der Waals surface area contributed by atoms with Crippen LogP contribution in [0.3, 0.4) is 0 Å². The van der Waals surface area contributed by atoms with Gasteiger partial charge in [-0.2, -0.15) is 0 Å². The molecule has 35 heavy (non-hydrogen) atoms. The second-order valence-electron chi connectivity index (χ2n) is 9.67. The van der Waals surface area contributed by atoms with E-state index in [1.54, 1.807) is 18.2 Å². The van der Waals surface area contributed by atoms with Crippen molar-refractivity contribution in [3.8, 4) is 5.75 Å². The Labute approximate surface area is 205 Å². The summed E-state index contributed by atoms with van der Waals surface area (Å²) in [5, 5.41) is 6.20. The van der Waals surface area contributed by atoms with Crippen molar-refractivity contribution in [2.24, 2.45) is 0 Å². The Kier molecular flexibility index (Phi) is 7.29. The normalized spacial score (nSPS) is 27.9. The molecule has 186 valence electrons. The van der Waals surface area contributed by atoms with Crippen LogP contribution in [0.2, 0.25) is 0 Å². The molecule has 2 saturated heterocycles. The predicted molar refractivity (Wildman–Crippen MR) is 129 cm³/mol. The number of carbonyl (C=O) groups excluding carboxylic acids is 2. The molecule has 3 aliphatic heterocycles. The summed E-state index contributed by atoms with van der Waals surface area (Å²) in [6.45, 7) is 1.95. The first-order valence-corrected chi connectivity index (χ1v) is 12.5. The van der Waals surface area contributed by atoms with E-state index in [0.717, 1.165) is 31.2 Å². The van der Waals surface area contributed by atoms with E-state index >= 15 is 0 Å². The third-order valence-electron chi connectivity index (χ3n) is 7.11. The number of likely N-dealkylation sites (tertiary alicyclic amines) is 1. The number of benzene rings is 2. The van der Waals surface area contributed by atoms with Gasteiger partial charge in [-0.25, -0.2) is 4.39 Å². The highest BCUT2D eigenvalue weighted by Crippen LogP contribution is 2.26. The molecule has 2 N–H and O–H groups in total. The van der Waals surface area contributed by atoms with Crippen LogP contribution >= 0.6 is 0 Å². The first-order chi connectivity index (χ1) is 17.0. The Morgan fingerprint density at radius 2 is 1.80 bits per heavy atom. The highest BCUT2D eigenvalue weighted by Gasteiger charge is 2.38. The maximum Gasteiger partial charge on any atom is 0.255 e. The van der Waals surface area contributed by atoms with Gasteiger partial charge in [-0.15, -0.1) is 0 Å². The highest BCUT2D eigenvalue weighted by atomic mass is 19.1. The molecule has 2 aromatic carbocycles. The van der Waals surface area contributed by atoms with E-state index < -0.39 is 6.04 Å². The van der Waals surface area contributed by atoms with Crippen molar-refractivity contribution in [3.63, 3.8) is 0 Å². The van der Waals surface area contributed by atoms with Crippen molar-refractivity contribution in [1.29, 1.82) is 0 Å². The zero-order valence-electron chi connectivity index (χ0n) is 19.8. The highest BCUT2D eigenvalue weighted by molar-refractivity contribution is 5.97. The Morgan fingerprint density at radius 3 is 2.66 bits per heavy atom. The molecule has 2 aromatic rings. The first kappa shape index (κ1) is 23.8. The third-order valence-corrected chi connectivity index (χ3v) is 7.11. The molecule has 0 radical (unpaired) electrons. The molecule has 8 heteroatoms. The van der Waals surface area contributed by atoms with Crippen LogP contribution in [0.15, 0.2) is 48.5 Å². The fourth-order valence-electron chi connectivity index (χ4n) is 5.30. The molecule has 0 spiro atoms. The van der Waals surface area contributed by atoms with E-state index in [2.05, 4.69) is 15.5 Å². The molecule has 5 rings (SSSR count). The summed E-state index contributed by atoms with van der Waals surface area (Å²) in [7, 11) is 0. The number of fused-ring (bicyclic) bond motifs is 5. The summed E-state index contributed by atoms with van der Waals surface area (Å²) >= 11 is 0. The standard InChI is InChI=1S/C27H32FN3O4/c28-19-10-8-18(9-11-19)16-31-17-20-14-24(31)27(33)29-15-22-5-3-4-21(35-22)12-13-34-25-7-2-1-6-23(25)26(32)30-20/h1-2,6-11,20-22,24H,3-5,12-17H2,(H,29,33)(H,30,32)/t20-,21-,22-,24-/m0/s1. The topological polar surface area (TPSA) is 79.9 Å². The van der Waals surface area contributed by atoms with Crippen molar-refractivity contribution in [2.75, 3.05) is 19.7 Å². The second kappa shape index (κ2) is 10.7. The molecule has 4 atom stereocenters. The number of amides is 2. The van der Waals surface area contributed by atoms with Gasteiger partial charge in [0.05, 0.1) is 30.4 Å². The van der Waals surface area contributed by atoms with Gasteiger partial charge >= 0.3 is 0 Å². The minimum absolute atomic E-state index is 0.0136. The average molecular weight is 482 g/mol. The van der Waals surface area contributed by atoms with Gasteiger partial charge in [0.15, 0.2) is 0 Å². The van der Waals surface area contributed by atoms with E-state index in [1.807, 2.05) is 18.2 Å². The van der Waals surface area contributed by atoms with Gasteiger partial charge < -0.3 is 20.1 Å². The molecule has 0 aromatic heterocycles. The minimum Gasteiger partial charge on any atom is -0.493 e. The molecule has 4 bridgehead atoms. The van der Waals surface area contributed by atoms with Crippen molar-refractivity contribution in [2.45, 2.75) is 62.9 Å². The molecule has 2 amide bonds. The molecule has 7 nitrogen and oxygen atoms in total. The Bertz CT molecular complexity index is 1050. The Balaban J connectivity index is 1.38. The fourth-order valence-corrected chi connectivity index (χ4v) is 5.30. The largest absolute Gasteiger partial charge is 0.493 e. The van der Waals surface area contributed by atoms with Crippen LogP contribution in [0.25, 0.3) is 0 Å². The fraction of sp³-hybridized carbons (Fsp3) is 0.481. The smallest absolute Gasteiger partial charge is 0.255 e. The zero-order chi connectivity index (χ0) is 24.2. The lowest BCUT2D eigenvalue weighted by Crippen LogP contribution is -2.46. The number of rotatable bonds is 2. The summed E-state index contributed by atoms with van der Waals surface area (Å²) in [5.74, 6) is -0.0153. The maximum absolute atomic E-state index is 13.4. The number of ether oxygens (including phenoxy) is 2. The molecule has 3 aliphatic rings. The van der Waals surface area contributed by atoms with Crippen LogP contribution in [-0.4, -0.2) is 60.7 Å². The van der Waals surface area contributed by atoms with E-state index in [-0.39, 0.29) is 35.9 Å². The molecule has 2 fully saturated rings. The van der Waals surface area contributed by atoms with Gasteiger partial charge in [0, 0.05) is 32.1 Å². The summed E-state index contributed by atoms with van der Waals surface area (Å²) < 4.78 is 25.6. The van der Waals surface area contributed by atoms with Crippen molar-refractivity contribution < 1.29 is 23.5 Å². The van der Waals surface area contributed by atoms with E-state index in [1.165, 1.54) is 12.1 Å². The number of para-hydroxylation sites is 1. The van der Waals surface area contributed by atoms with Gasteiger partial charge in [-0.05, 0) is 55.5 Å². The van der Waals surface area contributed by atoms with Gasteiger partial charge in [-0.3, -0.25) is 14.5 Å². The number of nitrogens with zero attached hydrogens (tertiary/aromatic N) is 1. The predicted octanol–water partition coefficient (Wildman–Crippen LogP) is 3.04. The lowest BCUT2D eigenvalue weighted by atomic mass is 10.0. The van der Waals surface area contributed by atoms with Crippen molar-refractivity contribution in [3.05, 3.63) is 65.5 Å². The lowest BCUT2D eigenvalue weighted by Gasteiger charge is -2.31. The van der Waals surface area contributed by atoms with Crippen molar-refractivity contribution in [1.82, 2.24) is 15.5 Å². The van der Waals surface area contributed by atoms with E-state index in [4.69, 9.17) is 9.47 Å². The summed E-state index contributed by atoms with van der Waals surface area (Å²) in [6, 6.07) is 13.0. The Morgan fingerprint density at radius 1 is 1.00 bits per heavy atom. The second-order valence-corrected chi connectivity index (χ2v) is 9.67. The zero-order valence-corrected chi connectivity index (χ0v) is 19.8. The van der Waals surface area contributed by atoms with Gasteiger partial charge in [0.25, 0.3) is 5.91 Å². The van der Waals surface area contributed by atoms with E-state index in [9.17, 15) is 14.0 Å². The van der Waals surface area contributed by atoms with Gasteiger partial charge in [-0.1, -0.05) is 24.3 Å². The van der Waals surface area contributed by atoms with Crippen LogP contribution < -0.4 is 15.4 Å². The van der Waals surface area contributed by atoms with E-state index in [0.29, 0.717) is 44.0 Å². The molecular weight excluding hydrogens is 449 g/mol. The SMILES string of the molecule is O=C1N[C@H]2C[C@@H](C(=O)NC[C@@H]3CCC[C@@H](CCOc4ccccc41)O3)N(Cc1ccc(F)cc1)C2. The molecular formula is C27H32FN3O4. The van der Waals surface area contributed by atoms with Crippen LogP contribution in [0.5, 0.6) is 5.75 Å². The van der Waals surface area contributed by atoms with Crippen LogP contribution in [0, 0.1) is 5.82 Å². The monoisotopic (exact) mass is 481 g/mol. The lowest BCUT2D eigenvalue weighted by molar-refractivity contribution is -0.127. The average Bonchev–Trinajstić information content (AvgIpc) is 3.26. The molecule has 3 heterocycles. The quantitative estimate of drug-likeness (QED) is 0.690. The van der Waals surface area contributed by atoms with Gasteiger partial charge in [0.1, 0.15) is 11.6 Å². The number of hydrogen-bond donors (Lipinski definition) is 2. The number of nitrogens with one attached hydrogen (secondary N) is 2. The van der Waals surface area contributed by atoms with Crippen LogP contribution in [-0.2, 0) is 16.1 Å². The third kappa shape index (κ3) is 5.82. The van der Waals surface area contributed by atoms with Crippen LogP contribution in [0.4, 0.5) is 4.39 Å². The molecule has 0 aliphatic carbocycles. The number of hydrogen-bond acceptors (Lipinski definition) is 5. The summed E-state index contributed by atoms with van der Waals surface area (Å²) in [6.07, 6.45) is 4.22. The Hall–Kier alpha value is -2.97. The first-order valence-electron chi connectivity index (χ1n) is 12.5. The summed E-state index contributed by atoms with van der Waals surface area (Å²) in [4.78, 5) is 28.5. The molecule has 0 saturated carbocycles. The van der Waals surface area contributed by atoms with Crippen LogP contribution in [0.1, 0.15) is 48.0 Å². The van der Waals surface area contributed by atoms with Crippen molar-refractivity contribution >= 4 is 11.8 Å². The maximum atomic E-state index is 13.4.